The number of para-hydroxylation sites is 1. The number of hydrogen-bond acceptors (Lipinski definition) is 4. The highest BCUT2D eigenvalue weighted by Gasteiger charge is 2.36. The zero-order valence-electron chi connectivity index (χ0n) is 15.2. The van der Waals surface area contributed by atoms with Gasteiger partial charge in [0.05, 0.1) is 25.2 Å². The molecule has 2 unspecified atom stereocenters. The number of likely N-dealkylation sites (tertiary alicyclic amines) is 1. The number of piperidine rings is 1. The average molecular weight is 357 g/mol. The molecule has 4 rings (SSSR count). The van der Waals surface area contributed by atoms with Crippen LogP contribution in [0.4, 0.5) is 5.69 Å². The van der Waals surface area contributed by atoms with Crippen molar-refractivity contribution < 1.29 is 14.3 Å². The predicted molar refractivity (Wildman–Crippen MR) is 98.9 cm³/mol. The number of morpholine rings is 1. The fourth-order valence-electron chi connectivity index (χ4n) is 4.38. The van der Waals surface area contributed by atoms with Crippen molar-refractivity contribution in [3.8, 4) is 0 Å². The molecule has 2 amide bonds. The highest BCUT2D eigenvalue weighted by Crippen LogP contribution is 2.27. The smallest absolute Gasteiger partial charge is 0.241 e. The van der Waals surface area contributed by atoms with Crippen LogP contribution in [0.2, 0.25) is 0 Å². The Morgan fingerprint density at radius 1 is 1.12 bits per heavy atom. The lowest BCUT2D eigenvalue weighted by Crippen LogP contribution is -2.52. The molecule has 140 valence electrons. The van der Waals surface area contributed by atoms with E-state index in [4.69, 9.17) is 4.74 Å². The molecule has 2 fully saturated rings. The molecule has 2 saturated heterocycles. The summed E-state index contributed by atoms with van der Waals surface area (Å²) in [4.78, 5) is 29.8. The van der Waals surface area contributed by atoms with Gasteiger partial charge >= 0.3 is 0 Å². The molecule has 1 aromatic rings. The molecule has 0 aliphatic carbocycles. The summed E-state index contributed by atoms with van der Waals surface area (Å²) in [5, 5.41) is 3.08. The molecule has 1 aromatic carbocycles. The number of anilines is 1. The van der Waals surface area contributed by atoms with Crippen molar-refractivity contribution in [3.63, 3.8) is 0 Å². The molecule has 3 aliphatic rings. The van der Waals surface area contributed by atoms with Crippen LogP contribution in [0.3, 0.4) is 0 Å². The van der Waals surface area contributed by atoms with Gasteiger partial charge in [0, 0.05) is 25.3 Å². The molecule has 3 aliphatic heterocycles. The van der Waals surface area contributed by atoms with Gasteiger partial charge in [0.25, 0.3) is 0 Å². The summed E-state index contributed by atoms with van der Waals surface area (Å²) < 4.78 is 5.35. The van der Waals surface area contributed by atoms with Crippen molar-refractivity contribution >= 4 is 17.5 Å². The normalized spacial score (nSPS) is 27.4. The lowest BCUT2D eigenvalue weighted by atomic mass is 9.93. The van der Waals surface area contributed by atoms with E-state index in [1.54, 1.807) is 0 Å². The fourth-order valence-corrected chi connectivity index (χ4v) is 4.38. The van der Waals surface area contributed by atoms with Crippen molar-refractivity contribution in [1.29, 1.82) is 0 Å². The first-order chi connectivity index (χ1) is 12.7. The Morgan fingerprint density at radius 3 is 2.77 bits per heavy atom. The third kappa shape index (κ3) is 3.62. The van der Waals surface area contributed by atoms with Gasteiger partial charge in [-0.05, 0) is 43.9 Å². The fraction of sp³-hybridized carbons (Fsp3) is 0.600. The van der Waals surface area contributed by atoms with Crippen LogP contribution in [-0.4, -0.2) is 67.0 Å². The summed E-state index contributed by atoms with van der Waals surface area (Å²) in [6.45, 7) is 4.21. The molecule has 0 bridgehead atoms. The second-order valence-electron chi connectivity index (χ2n) is 7.47. The summed E-state index contributed by atoms with van der Waals surface area (Å²) >= 11 is 0. The van der Waals surface area contributed by atoms with Crippen LogP contribution in [0.1, 0.15) is 24.8 Å². The van der Waals surface area contributed by atoms with Crippen LogP contribution >= 0.6 is 0 Å². The lowest BCUT2D eigenvalue weighted by Gasteiger charge is -2.38. The van der Waals surface area contributed by atoms with E-state index in [0.717, 1.165) is 37.9 Å². The number of hydrogen-bond donors (Lipinski definition) is 1. The van der Waals surface area contributed by atoms with Crippen LogP contribution in [0.5, 0.6) is 0 Å². The highest BCUT2D eigenvalue weighted by atomic mass is 16.5. The van der Waals surface area contributed by atoms with E-state index >= 15 is 0 Å². The second-order valence-corrected chi connectivity index (χ2v) is 7.47. The van der Waals surface area contributed by atoms with E-state index in [1.165, 1.54) is 5.56 Å². The van der Waals surface area contributed by atoms with Crippen LogP contribution in [-0.2, 0) is 20.7 Å². The SMILES string of the molecule is O=C1Nc2ccccc2CCC1N1CCCC(C(=O)N2CCOCC2)C1. The average Bonchev–Trinajstić information content (AvgIpc) is 2.86. The number of nitrogens with zero attached hydrogens (tertiary/aromatic N) is 2. The monoisotopic (exact) mass is 357 g/mol. The Morgan fingerprint density at radius 2 is 1.92 bits per heavy atom. The molecule has 2 atom stereocenters. The predicted octanol–water partition coefficient (Wildman–Crippen LogP) is 1.51. The largest absolute Gasteiger partial charge is 0.378 e. The van der Waals surface area contributed by atoms with Gasteiger partial charge < -0.3 is 15.0 Å². The van der Waals surface area contributed by atoms with Crippen LogP contribution in [0, 0.1) is 5.92 Å². The van der Waals surface area contributed by atoms with Gasteiger partial charge in [0.15, 0.2) is 0 Å². The lowest BCUT2D eigenvalue weighted by molar-refractivity contribution is -0.142. The van der Waals surface area contributed by atoms with Gasteiger partial charge in [-0.15, -0.1) is 0 Å². The summed E-state index contributed by atoms with van der Waals surface area (Å²) in [7, 11) is 0. The minimum absolute atomic E-state index is 0.000258. The Balaban J connectivity index is 1.42. The number of ether oxygens (including phenoxy) is 1. The maximum absolute atomic E-state index is 12.9. The number of carbonyl (C=O) groups is 2. The molecule has 6 heteroatoms. The summed E-state index contributed by atoms with van der Waals surface area (Å²) in [5.41, 5.74) is 2.12. The van der Waals surface area contributed by atoms with Crippen LogP contribution in [0.15, 0.2) is 24.3 Å². The number of nitrogens with one attached hydrogen (secondary N) is 1. The zero-order valence-corrected chi connectivity index (χ0v) is 15.2. The Hall–Kier alpha value is -1.92. The number of carbonyl (C=O) groups excluding carboxylic acids is 2. The molecule has 6 nitrogen and oxygen atoms in total. The molecular formula is C20H27N3O3. The summed E-state index contributed by atoms with van der Waals surface area (Å²) in [6, 6.07) is 7.87. The first kappa shape index (κ1) is 17.5. The molecule has 3 heterocycles. The van der Waals surface area contributed by atoms with E-state index < -0.39 is 0 Å². The number of benzene rings is 1. The third-order valence-electron chi connectivity index (χ3n) is 5.83. The van der Waals surface area contributed by atoms with E-state index in [1.807, 2.05) is 23.1 Å². The molecule has 26 heavy (non-hydrogen) atoms. The summed E-state index contributed by atoms with van der Waals surface area (Å²) in [6.07, 6.45) is 3.58. The highest BCUT2D eigenvalue weighted by molar-refractivity contribution is 5.96. The van der Waals surface area contributed by atoms with E-state index in [0.29, 0.717) is 32.8 Å². The third-order valence-corrected chi connectivity index (χ3v) is 5.83. The molecule has 0 aromatic heterocycles. The van der Waals surface area contributed by atoms with Gasteiger partial charge in [0.2, 0.25) is 11.8 Å². The topological polar surface area (TPSA) is 61.9 Å². The number of fused-ring (bicyclic) bond motifs is 1. The van der Waals surface area contributed by atoms with E-state index in [2.05, 4.69) is 16.3 Å². The van der Waals surface area contributed by atoms with Crippen molar-refractivity contribution in [2.24, 2.45) is 5.92 Å². The van der Waals surface area contributed by atoms with Gasteiger partial charge in [-0.25, -0.2) is 0 Å². The number of aryl methyl sites for hydroxylation is 1. The van der Waals surface area contributed by atoms with Gasteiger partial charge in [-0.1, -0.05) is 18.2 Å². The standard InChI is InChI=1S/C20H27N3O3/c24-19-18(8-7-15-4-1-2-6-17(15)21-19)23-9-3-5-16(14-23)20(25)22-10-12-26-13-11-22/h1-2,4,6,16,18H,3,5,7-14H2,(H,21,24). The van der Waals surface area contributed by atoms with Crippen LogP contribution < -0.4 is 5.32 Å². The van der Waals surface area contributed by atoms with Crippen molar-refractivity contribution in [3.05, 3.63) is 29.8 Å². The van der Waals surface area contributed by atoms with E-state index in [9.17, 15) is 9.59 Å². The molecule has 0 radical (unpaired) electrons. The first-order valence-electron chi connectivity index (χ1n) is 9.72. The van der Waals surface area contributed by atoms with Crippen LogP contribution in [0.25, 0.3) is 0 Å². The van der Waals surface area contributed by atoms with Gasteiger partial charge in [-0.2, -0.15) is 0 Å². The number of rotatable bonds is 2. The number of amides is 2. The van der Waals surface area contributed by atoms with Crippen molar-refractivity contribution in [2.45, 2.75) is 31.7 Å². The van der Waals surface area contributed by atoms with E-state index in [-0.39, 0.29) is 23.8 Å². The Bertz CT molecular complexity index is 672. The maximum Gasteiger partial charge on any atom is 0.241 e. The second kappa shape index (κ2) is 7.76. The minimum Gasteiger partial charge on any atom is -0.378 e. The van der Waals surface area contributed by atoms with Gasteiger partial charge in [0.1, 0.15) is 0 Å². The summed E-state index contributed by atoms with van der Waals surface area (Å²) in [5.74, 6) is 0.296. The quantitative estimate of drug-likeness (QED) is 0.872. The minimum atomic E-state index is -0.150. The first-order valence-corrected chi connectivity index (χ1v) is 9.72. The Labute approximate surface area is 154 Å². The molecule has 0 saturated carbocycles. The van der Waals surface area contributed by atoms with Crippen molar-refractivity contribution in [1.82, 2.24) is 9.80 Å². The Kier molecular flexibility index (Phi) is 5.22. The maximum atomic E-state index is 12.9. The zero-order chi connectivity index (χ0) is 17.9. The molecule has 0 spiro atoms. The molecule has 1 N–H and O–H groups in total. The van der Waals surface area contributed by atoms with Crippen molar-refractivity contribution in [2.75, 3.05) is 44.7 Å². The van der Waals surface area contributed by atoms with Gasteiger partial charge in [-0.3, -0.25) is 14.5 Å². The molecular weight excluding hydrogens is 330 g/mol.